The van der Waals surface area contributed by atoms with Crippen LogP contribution >= 0.6 is 0 Å². The summed E-state index contributed by atoms with van der Waals surface area (Å²) in [5, 5.41) is 0. The van der Waals surface area contributed by atoms with Crippen molar-refractivity contribution in [3.05, 3.63) is 36.9 Å². The van der Waals surface area contributed by atoms with Crippen LogP contribution in [0.2, 0.25) is 0 Å². The minimum atomic E-state index is -5.03. The maximum absolute atomic E-state index is 12.6. The van der Waals surface area contributed by atoms with Gasteiger partial charge in [-0.3, -0.25) is 0 Å². The molecule has 0 aromatic heterocycles. The van der Waals surface area contributed by atoms with Gasteiger partial charge in [0, 0.05) is 0 Å². The van der Waals surface area contributed by atoms with E-state index in [9.17, 15) is 12.9 Å². The average Bonchev–Trinajstić information content (AvgIpc) is 2.17. The summed E-state index contributed by atoms with van der Waals surface area (Å²) in [6, 6.07) is 5.18. The molecule has 0 aliphatic rings. The van der Waals surface area contributed by atoms with E-state index in [4.69, 9.17) is 4.74 Å². The molecule has 0 saturated carbocycles. The van der Waals surface area contributed by atoms with E-state index in [2.05, 4.69) is 6.58 Å². The number of halogens is 3. The smallest absolute Gasteiger partial charge is 0.490 e. The van der Waals surface area contributed by atoms with E-state index >= 15 is 0 Å². The summed E-state index contributed by atoms with van der Waals surface area (Å²) in [6.45, 7) is 0.0468. The number of benzene rings is 1. The Morgan fingerprint density at radius 3 is 2.38 bits per heavy atom. The summed E-state index contributed by atoms with van der Waals surface area (Å²) in [5.41, 5.74) is -0.703. The Balaban J connectivity index is 0.00000225. The number of ether oxygens (including phenoxy) is 1. The first-order valence-corrected chi connectivity index (χ1v) is 4.53. The third kappa shape index (κ3) is 4.63. The molecule has 0 saturated heterocycles. The number of hydrogen-bond donors (Lipinski definition) is 0. The molecule has 82 valence electrons. The zero-order chi connectivity index (χ0) is 11.5. The summed E-state index contributed by atoms with van der Waals surface area (Å²) in [6.07, 6.45) is 1.00. The van der Waals surface area contributed by atoms with Gasteiger partial charge in [-0.25, -0.2) is 0 Å². The summed E-state index contributed by atoms with van der Waals surface area (Å²) in [7, 11) is 0. The average molecular weight is 254 g/mol. The molecule has 0 heterocycles. The Morgan fingerprint density at radius 2 is 1.88 bits per heavy atom. The molecule has 1 aromatic rings. The van der Waals surface area contributed by atoms with Crippen LogP contribution in [0, 0.1) is 0 Å². The van der Waals surface area contributed by atoms with Crippen LogP contribution in [0.3, 0.4) is 0 Å². The van der Waals surface area contributed by atoms with Gasteiger partial charge < -0.3 is 17.7 Å². The second-order valence-corrected chi connectivity index (χ2v) is 3.17. The van der Waals surface area contributed by atoms with E-state index < -0.39 is 18.5 Å². The minimum absolute atomic E-state index is 0. The van der Waals surface area contributed by atoms with Crippen LogP contribution in [-0.4, -0.2) is 13.1 Å². The molecule has 0 amide bonds. The van der Waals surface area contributed by atoms with Crippen molar-refractivity contribution in [1.82, 2.24) is 0 Å². The van der Waals surface area contributed by atoms with Crippen molar-refractivity contribution in [3.8, 4) is 5.75 Å². The van der Waals surface area contributed by atoms with Gasteiger partial charge in [0.05, 0.1) is 5.75 Å². The van der Waals surface area contributed by atoms with E-state index in [1.54, 1.807) is 6.92 Å². The first kappa shape index (κ1) is 16.3. The van der Waals surface area contributed by atoms with E-state index in [1.807, 2.05) is 0 Å². The first-order valence-electron chi connectivity index (χ1n) is 4.53. The molecule has 0 radical (unpaired) electrons. The molecule has 0 fully saturated rings. The van der Waals surface area contributed by atoms with Crippen LogP contribution in [0.4, 0.5) is 12.9 Å². The third-order valence-corrected chi connectivity index (χ3v) is 1.92. The van der Waals surface area contributed by atoms with Crippen molar-refractivity contribution >= 4 is 12.4 Å². The molecule has 1 atom stereocenters. The molecule has 0 spiro atoms. The number of para-hydroxylation sites is 1. The van der Waals surface area contributed by atoms with Gasteiger partial charge in [0.25, 0.3) is 0 Å². The Labute approximate surface area is 136 Å². The quantitative estimate of drug-likeness (QED) is 0.529. The van der Waals surface area contributed by atoms with Gasteiger partial charge in [-0.05, 0) is 13.0 Å². The van der Waals surface area contributed by atoms with Gasteiger partial charge in [-0.2, -0.15) is 0 Å². The fourth-order valence-corrected chi connectivity index (χ4v) is 1.11. The van der Waals surface area contributed by atoms with E-state index in [0.29, 0.717) is 0 Å². The Hall–Kier alpha value is 0.251. The van der Waals surface area contributed by atoms with Crippen LogP contribution in [0.5, 0.6) is 5.75 Å². The van der Waals surface area contributed by atoms with Crippen molar-refractivity contribution in [3.63, 3.8) is 0 Å². The van der Waals surface area contributed by atoms with Crippen LogP contribution < -0.4 is 61.6 Å². The zero-order valence-corrected chi connectivity index (χ0v) is 12.4. The van der Waals surface area contributed by atoms with Gasteiger partial charge in [0.2, 0.25) is 0 Å². The second kappa shape index (κ2) is 6.86. The molecule has 6 heteroatoms. The maximum Gasteiger partial charge on any atom is 1.00 e. The van der Waals surface area contributed by atoms with Crippen LogP contribution in [0.25, 0.3) is 0 Å². The SMILES string of the molecule is C=CC(C)Oc1ccccc1[B-](F)(F)F.[K+]. The second-order valence-electron chi connectivity index (χ2n) is 3.17. The molecule has 1 aromatic carbocycles. The van der Waals surface area contributed by atoms with Crippen molar-refractivity contribution in [1.29, 1.82) is 0 Å². The Kier molecular flexibility index (Phi) is 6.97. The standard InChI is InChI=1S/C10H11BF3O.K/c1-3-8(2)15-10-7-5-4-6-9(10)11(12,13)14;/h3-8H,1H2,2H3;/q-1;+1. The van der Waals surface area contributed by atoms with E-state index in [0.717, 1.165) is 6.07 Å². The summed E-state index contributed by atoms with van der Waals surface area (Å²) >= 11 is 0. The van der Waals surface area contributed by atoms with E-state index in [-0.39, 0.29) is 57.1 Å². The first-order chi connectivity index (χ1) is 6.95. The summed E-state index contributed by atoms with van der Waals surface area (Å²) in [5.74, 6) is -0.141. The Bertz CT molecular complexity index is 354. The van der Waals surface area contributed by atoms with Gasteiger partial charge in [0.1, 0.15) is 6.10 Å². The maximum atomic E-state index is 12.6. The van der Waals surface area contributed by atoms with Gasteiger partial charge >= 0.3 is 58.4 Å². The normalized spacial score (nSPS) is 12.5. The molecule has 1 rings (SSSR count). The van der Waals surface area contributed by atoms with Crippen LogP contribution in [0.15, 0.2) is 36.9 Å². The van der Waals surface area contributed by atoms with Crippen LogP contribution in [0.1, 0.15) is 6.92 Å². The third-order valence-electron chi connectivity index (χ3n) is 1.92. The minimum Gasteiger partial charge on any atom is -0.490 e. The summed E-state index contributed by atoms with van der Waals surface area (Å²) in [4.78, 5) is 0. The monoisotopic (exact) mass is 254 g/mol. The largest absolute Gasteiger partial charge is 1.00 e. The van der Waals surface area contributed by atoms with Crippen molar-refractivity contribution in [2.24, 2.45) is 0 Å². The zero-order valence-electron chi connectivity index (χ0n) is 9.29. The molecular weight excluding hydrogens is 243 g/mol. The number of rotatable bonds is 4. The van der Waals surface area contributed by atoms with Gasteiger partial charge in [-0.1, -0.05) is 36.3 Å². The molecule has 16 heavy (non-hydrogen) atoms. The van der Waals surface area contributed by atoms with Gasteiger partial charge in [-0.15, -0.1) is 0 Å². The van der Waals surface area contributed by atoms with Gasteiger partial charge in [0.15, 0.2) is 0 Å². The topological polar surface area (TPSA) is 9.23 Å². The predicted molar refractivity (Wildman–Crippen MR) is 55.4 cm³/mol. The fourth-order valence-electron chi connectivity index (χ4n) is 1.11. The summed E-state index contributed by atoms with van der Waals surface area (Å²) < 4.78 is 42.8. The van der Waals surface area contributed by atoms with E-state index in [1.165, 1.54) is 24.3 Å². The van der Waals surface area contributed by atoms with Crippen molar-refractivity contribution in [2.75, 3.05) is 0 Å². The predicted octanol–water partition coefficient (Wildman–Crippen LogP) is -0.302. The molecule has 0 aliphatic heterocycles. The molecule has 0 aliphatic carbocycles. The molecule has 1 nitrogen and oxygen atoms in total. The van der Waals surface area contributed by atoms with Crippen molar-refractivity contribution < 1.29 is 69.1 Å². The molecule has 0 bridgehead atoms. The molecular formula is C10H11BF3KO. The fraction of sp³-hybridized carbons (Fsp3) is 0.200. The Morgan fingerprint density at radius 1 is 1.31 bits per heavy atom. The number of hydrogen-bond acceptors (Lipinski definition) is 1. The molecule has 1 unspecified atom stereocenters. The van der Waals surface area contributed by atoms with Crippen molar-refractivity contribution in [2.45, 2.75) is 13.0 Å². The molecule has 0 N–H and O–H groups in total. The van der Waals surface area contributed by atoms with Crippen LogP contribution in [-0.2, 0) is 0 Å².